The van der Waals surface area contributed by atoms with Crippen LogP contribution >= 0.6 is 0 Å². The number of carbonyl (C=O) groups excluding carboxylic acids is 2. The molecule has 0 aliphatic carbocycles. The summed E-state index contributed by atoms with van der Waals surface area (Å²) < 4.78 is 10.9. The minimum atomic E-state index is -0.860. The number of hydrogen-bond acceptors (Lipinski definition) is 5. The summed E-state index contributed by atoms with van der Waals surface area (Å²) >= 11 is 0. The summed E-state index contributed by atoms with van der Waals surface area (Å²) in [4.78, 5) is 35.3. The van der Waals surface area contributed by atoms with Gasteiger partial charge in [0.25, 0.3) is 0 Å². The van der Waals surface area contributed by atoms with E-state index in [1.807, 2.05) is 31.2 Å². The minimum absolute atomic E-state index is 0.0350. The summed E-state index contributed by atoms with van der Waals surface area (Å²) in [5, 5.41) is 17.1. The van der Waals surface area contributed by atoms with E-state index in [1.54, 1.807) is 55.5 Å². The molecule has 0 spiro atoms. The van der Waals surface area contributed by atoms with E-state index < -0.39 is 18.0 Å². The lowest BCUT2D eigenvalue weighted by atomic mass is 10.1. The number of rotatable bonds is 10. The summed E-state index contributed by atoms with van der Waals surface area (Å²) in [6.45, 7) is 3.84. The fourth-order valence-corrected chi connectivity index (χ4v) is 3.14. The molecule has 1 atom stereocenters. The third-order valence-corrected chi connectivity index (χ3v) is 5.29. The highest BCUT2D eigenvalue weighted by atomic mass is 16.5. The molecule has 1 unspecified atom stereocenters. The van der Waals surface area contributed by atoms with Gasteiger partial charge in [0.1, 0.15) is 12.4 Å². The van der Waals surface area contributed by atoms with Crippen LogP contribution in [0.25, 0.3) is 0 Å². The Morgan fingerprint density at radius 2 is 1.58 bits per heavy atom. The molecular formula is C27H29N3O6. The number of carbonyl (C=O) groups is 3. The van der Waals surface area contributed by atoms with E-state index in [0.717, 1.165) is 16.8 Å². The molecule has 188 valence electrons. The van der Waals surface area contributed by atoms with Gasteiger partial charge in [-0.1, -0.05) is 37.3 Å². The zero-order valence-electron chi connectivity index (χ0n) is 20.1. The Kier molecular flexibility index (Phi) is 9.27. The van der Waals surface area contributed by atoms with E-state index >= 15 is 0 Å². The van der Waals surface area contributed by atoms with Gasteiger partial charge in [-0.3, -0.25) is 10.1 Å². The highest BCUT2D eigenvalue weighted by Gasteiger charge is 2.11. The van der Waals surface area contributed by atoms with E-state index in [-0.39, 0.29) is 19.2 Å². The number of anilines is 3. The second kappa shape index (κ2) is 12.8. The first kappa shape index (κ1) is 26.1. The monoisotopic (exact) mass is 491 g/mol. The first-order chi connectivity index (χ1) is 17.3. The molecule has 3 aromatic rings. The largest absolute Gasteiger partial charge is 0.494 e. The molecular weight excluding hydrogens is 462 g/mol. The van der Waals surface area contributed by atoms with Crippen molar-refractivity contribution in [1.82, 2.24) is 0 Å². The molecule has 9 nitrogen and oxygen atoms in total. The number of aliphatic carboxylic acids is 1. The van der Waals surface area contributed by atoms with Gasteiger partial charge in [-0.25, -0.2) is 9.59 Å². The lowest BCUT2D eigenvalue weighted by molar-refractivity contribution is -0.141. The number of urea groups is 1. The number of carboxylic acid groups (broad SMARTS) is 1. The maximum absolute atomic E-state index is 12.2. The zero-order valence-corrected chi connectivity index (χ0v) is 20.1. The molecule has 4 N–H and O–H groups in total. The maximum atomic E-state index is 12.2. The van der Waals surface area contributed by atoms with Crippen molar-refractivity contribution < 1.29 is 29.0 Å². The van der Waals surface area contributed by atoms with Crippen LogP contribution in [0.1, 0.15) is 24.5 Å². The van der Waals surface area contributed by atoms with E-state index in [2.05, 4.69) is 16.0 Å². The van der Waals surface area contributed by atoms with Crippen LogP contribution in [0.15, 0.2) is 72.8 Å². The van der Waals surface area contributed by atoms with Crippen molar-refractivity contribution in [1.29, 1.82) is 0 Å². The average Bonchev–Trinajstić information content (AvgIpc) is 2.85. The van der Waals surface area contributed by atoms with Crippen LogP contribution in [0.5, 0.6) is 5.75 Å². The molecule has 0 aromatic heterocycles. The van der Waals surface area contributed by atoms with E-state index in [0.29, 0.717) is 23.5 Å². The Hall–Kier alpha value is -4.53. The third-order valence-electron chi connectivity index (χ3n) is 5.29. The number of aryl methyl sites for hydroxylation is 1. The number of benzene rings is 3. The van der Waals surface area contributed by atoms with Gasteiger partial charge in [0.2, 0.25) is 0 Å². The fraction of sp³-hybridized carbons (Fsp3) is 0.222. The van der Waals surface area contributed by atoms with Crippen molar-refractivity contribution in [3.8, 4) is 5.75 Å². The van der Waals surface area contributed by atoms with Crippen molar-refractivity contribution in [2.75, 3.05) is 22.6 Å². The molecule has 0 saturated heterocycles. The summed E-state index contributed by atoms with van der Waals surface area (Å²) in [6, 6.07) is 20.8. The normalized spacial score (nSPS) is 11.2. The molecule has 0 fully saturated rings. The van der Waals surface area contributed by atoms with Crippen LogP contribution in [-0.2, 0) is 16.1 Å². The first-order valence-corrected chi connectivity index (χ1v) is 11.4. The molecule has 0 radical (unpaired) electrons. The van der Waals surface area contributed by atoms with E-state index in [4.69, 9.17) is 14.6 Å². The number of nitrogens with one attached hydrogen (secondary N) is 3. The summed E-state index contributed by atoms with van der Waals surface area (Å²) in [5.41, 5.74) is 3.48. The first-order valence-electron chi connectivity index (χ1n) is 11.4. The van der Waals surface area contributed by atoms with Crippen LogP contribution in [0.2, 0.25) is 0 Å². The fourth-order valence-electron chi connectivity index (χ4n) is 3.14. The lowest BCUT2D eigenvalue weighted by Crippen LogP contribution is -2.20. The lowest BCUT2D eigenvalue weighted by Gasteiger charge is -2.11. The Labute approximate surface area is 209 Å². The van der Waals surface area contributed by atoms with E-state index in [1.165, 1.54) is 0 Å². The predicted molar refractivity (Wildman–Crippen MR) is 137 cm³/mol. The minimum Gasteiger partial charge on any atom is -0.494 e. The zero-order chi connectivity index (χ0) is 25.9. The van der Waals surface area contributed by atoms with Crippen LogP contribution < -0.4 is 20.7 Å². The van der Waals surface area contributed by atoms with Gasteiger partial charge >= 0.3 is 18.1 Å². The standard InChI is InChI=1S/C27H29N3O6/c1-18-6-3-4-9-24(18)30-26(33)28-21-10-12-22(13-11-21)29-27(34)36-17-20-7-5-8-23(16-20)35-15-14-19(2)25(31)32/h3-13,16,19H,14-15,17H2,1-2H3,(H,29,34)(H,31,32)(H2,28,30,33). The second-order valence-corrected chi connectivity index (χ2v) is 8.20. The van der Waals surface area contributed by atoms with Gasteiger partial charge in [-0.2, -0.15) is 0 Å². The molecule has 3 amide bonds. The molecule has 0 saturated carbocycles. The number of amides is 3. The molecule has 36 heavy (non-hydrogen) atoms. The highest BCUT2D eigenvalue weighted by molar-refractivity contribution is 6.00. The number of hydrogen-bond donors (Lipinski definition) is 4. The van der Waals surface area contributed by atoms with E-state index in [9.17, 15) is 14.4 Å². The summed E-state index contributed by atoms with van der Waals surface area (Å²) in [5.74, 6) is -0.772. The molecule has 9 heteroatoms. The van der Waals surface area contributed by atoms with Crippen LogP contribution in [-0.4, -0.2) is 29.8 Å². The Balaban J connectivity index is 1.43. The van der Waals surface area contributed by atoms with Crippen LogP contribution in [0, 0.1) is 12.8 Å². The topological polar surface area (TPSA) is 126 Å². The van der Waals surface area contributed by atoms with Crippen LogP contribution in [0.4, 0.5) is 26.7 Å². The molecule has 0 aliphatic heterocycles. The van der Waals surface area contributed by atoms with Gasteiger partial charge < -0.3 is 25.2 Å². The maximum Gasteiger partial charge on any atom is 0.411 e. The second-order valence-electron chi connectivity index (χ2n) is 8.20. The Morgan fingerprint density at radius 3 is 2.28 bits per heavy atom. The highest BCUT2D eigenvalue weighted by Crippen LogP contribution is 2.18. The molecule has 0 aliphatic rings. The number of ether oxygens (including phenoxy) is 2. The number of para-hydroxylation sites is 1. The predicted octanol–water partition coefficient (Wildman–Crippen LogP) is 5.88. The smallest absolute Gasteiger partial charge is 0.411 e. The van der Waals surface area contributed by atoms with Crippen LogP contribution in [0.3, 0.4) is 0 Å². The average molecular weight is 492 g/mol. The van der Waals surface area contributed by atoms with Gasteiger partial charge in [0.15, 0.2) is 0 Å². The van der Waals surface area contributed by atoms with Crippen molar-refractivity contribution >= 4 is 35.2 Å². The van der Waals surface area contributed by atoms with Crippen molar-refractivity contribution in [2.24, 2.45) is 5.92 Å². The van der Waals surface area contributed by atoms with Crippen molar-refractivity contribution in [3.05, 3.63) is 83.9 Å². The van der Waals surface area contributed by atoms with Gasteiger partial charge in [0, 0.05) is 17.1 Å². The van der Waals surface area contributed by atoms with Crippen molar-refractivity contribution in [3.63, 3.8) is 0 Å². The van der Waals surface area contributed by atoms with Gasteiger partial charge in [-0.15, -0.1) is 0 Å². The third kappa shape index (κ3) is 8.35. The summed E-state index contributed by atoms with van der Waals surface area (Å²) in [6.07, 6.45) is -0.237. The summed E-state index contributed by atoms with van der Waals surface area (Å²) in [7, 11) is 0. The van der Waals surface area contributed by atoms with Crippen molar-refractivity contribution in [2.45, 2.75) is 26.9 Å². The molecule has 3 aromatic carbocycles. The molecule has 3 rings (SSSR count). The molecule has 0 heterocycles. The Morgan fingerprint density at radius 1 is 0.889 bits per heavy atom. The Bertz CT molecular complexity index is 1200. The number of carboxylic acids is 1. The quantitative estimate of drug-likeness (QED) is 0.281. The SMILES string of the molecule is Cc1ccccc1NC(=O)Nc1ccc(NC(=O)OCc2cccc(OCCC(C)C(=O)O)c2)cc1. The molecule has 0 bridgehead atoms. The van der Waals surface area contributed by atoms with Gasteiger partial charge in [-0.05, 0) is 66.9 Å². The van der Waals surface area contributed by atoms with Gasteiger partial charge in [0.05, 0.1) is 12.5 Å².